The van der Waals surface area contributed by atoms with E-state index in [0.717, 1.165) is 52.4 Å². The summed E-state index contributed by atoms with van der Waals surface area (Å²) < 4.78 is 5.51. The van der Waals surface area contributed by atoms with Gasteiger partial charge in [0.05, 0.1) is 13.2 Å². The summed E-state index contributed by atoms with van der Waals surface area (Å²) in [4.78, 5) is 15.2. The first-order chi connectivity index (χ1) is 8.74. The van der Waals surface area contributed by atoms with Gasteiger partial charge in [0.15, 0.2) is 0 Å². The molecule has 0 aromatic carbocycles. The Balaban J connectivity index is 1.72. The molecular formula is C13H24N2O3. The van der Waals surface area contributed by atoms with E-state index < -0.39 is 5.97 Å². The van der Waals surface area contributed by atoms with Crippen LogP contribution in [0.2, 0.25) is 0 Å². The van der Waals surface area contributed by atoms with E-state index in [1.165, 1.54) is 12.8 Å². The minimum absolute atomic E-state index is 0.181. The van der Waals surface area contributed by atoms with Crippen LogP contribution in [0.25, 0.3) is 0 Å². The Kier molecular flexibility index (Phi) is 5.41. The minimum atomic E-state index is -0.718. The first-order valence-corrected chi connectivity index (χ1v) is 6.98. The molecular weight excluding hydrogens is 232 g/mol. The zero-order chi connectivity index (χ0) is 12.8. The molecule has 2 rings (SSSR count). The van der Waals surface area contributed by atoms with Crippen LogP contribution >= 0.6 is 0 Å². The number of aliphatic carboxylic acids is 1. The summed E-state index contributed by atoms with van der Waals surface area (Å²) in [5, 5.41) is 8.81. The van der Waals surface area contributed by atoms with Crippen molar-refractivity contribution in [2.24, 2.45) is 5.92 Å². The SMILES string of the molecule is O=C(O)CN1CCCN(CC2CCCOC2)CC1. The maximum Gasteiger partial charge on any atom is 0.317 e. The Hall–Kier alpha value is -0.650. The van der Waals surface area contributed by atoms with Crippen LogP contribution in [0.4, 0.5) is 0 Å². The third-order valence-corrected chi connectivity index (χ3v) is 3.81. The molecule has 0 aliphatic carbocycles. The van der Waals surface area contributed by atoms with Crippen LogP contribution < -0.4 is 0 Å². The number of hydrogen-bond donors (Lipinski definition) is 1. The van der Waals surface area contributed by atoms with Crippen LogP contribution in [0.5, 0.6) is 0 Å². The average Bonchev–Trinajstić information content (AvgIpc) is 2.56. The normalized spacial score (nSPS) is 27.9. The lowest BCUT2D eigenvalue weighted by atomic mass is 10.0. The van der Waals surface area contributed by atoms with Crippen LogP contribution in [0.3, 0.4) is 0 Å². The third kappa shape index (κ3) is 4.55. The largest absolute Gasteiger partial charge is 0.480 e. The summed E-state index contributed by atoms with van der Waals surface area (Å²) in [5.74, 6) is -0.0473. The minimum Gasteiger partial charge on any atom is -0.480 e. The Morgan fingerprint density at radius 1 is 1.17 bits per heavy atom. The van der Waals surface area contributed by atoms with Crippen molar-refractivity contribution in [3.63, 3.8) is 0 Å². The van der Waals surface area contributed by atoms with Crippen LogP contribution in [-0.4, -0.2) is 73.4 Å². The Bertz CT molecular complexity index is 267. The van der Waals surface area contributed by atoms with Crippen LogP contribution in [-0.2, 0) is 9.53 Å². The van der Waals surface area contributed by atoms with E-state index in [9.17, 15) is 4.79 Å². The highest BCUT2D eigenvalue weighted by Crippen LogP contribution is 2.16. The first-order valence-electron chi connectivity index (χ1n) is 6.98. The summed E-state index contributed by atoms with van der Waals surface area (Å²) in [6.07, 6.45) is 3.53. The van der Waals surface area contributed by atoms with Gasteiger partial charge in [0, 0.05) is 32.8 Å². The molecule has 18 heavy (non-hydrogen) atoms. The lowest BCUT2D eigenvalue weighted by Gasteiger charge is -2.28. The molecule has 0 radical (unpaired) electrons. The van der Waals surface area contributed by atoms with E-state index in [1.807, 2.05) is 4.90 Å². The molecule has 5 heteroatoms. The molecule has 0 amide bonds. The first kappa shape index (κ1) is 13.8. The summed E-state index contributed by atoms with van der Waals surface area (Å²) in [6.45, 7) is 6.97. The van der Waals surface area contributed by atoms with Crippen molar-refractivity contribution in [3.8, 4) is 0 Å². The molecule has 1 N–H and O–H groups in total. The standard InChI is InChI=1S/C13H24N2O3/c16-13(17)10-15-5-2-4-14(6-7-15)9-12-3-1-8-18-11-12/h12H,1-11H2,(H,16,17). The molecule has 0 aromatic rings. The van der Waals surface area contributed by atoms with Gasteiger partial charge in [0.25, 0.3) is 0 Å². The van der Waals surface area contributed by atoms with E-state index in [-0.39, 0.29) is 6.54 Å². The second-order valence-corrected chi connectivity index (χ2v) is 5.41. The smallest absolute Gasteiger partial charge is 0.317 e. The predicted molar refractivity (Wildman–Crippen MR) is 68.7 cm³/mol. The van der Waals surface area contributed by atoms with Gasteiger partial charge in [-0.2, -0.15) is 0 Å². The van der Waals surface area contributed by atoms with Gasteiger partial charge in [-0.1, -0.05) is 0 Å². The molecule has 2 aliphatic rings. The zero-order valence-corrected chi connectivity index (χ0v) is 11.0. The molecule has 0 saturated carbocycles. The number of hydrogen-bond acceptors (Lipinski definition) is 4. The fourth-order valence-corrected chi connectivity index (χ4v) is 2.87. The molecule has 2 aliphatic heterocycles. The highest BCUT2D eigenvalue weighted by molar-refractivity contribution is 5.69. The number of carbonyl (C=O) groups is 1. The maximum atomic E-state index is 10.7. The van der Waals surface area contributed by atoms with E-state index in [1.54, 1.807) is 0 Å². The van der Waals surface area contributed by atoms with Gasteiger partial charge >= 0.3 is 5.97 Å². The Morgan fingerprint density at radius 3 is 2.67 bits per heavy atom. The number of nitrogens with zero attached hydrogens (tertiary/aromatic N) is 2. The van der Waals surface area contributed by atoms with Crippen LogP contribution in [0.1, 0.15) is 19.3 Å². The topological polar surface area (TPSA) is 53.0 Å². The maximum absolute atomic E-state index is 10.7. The molecule has 0 aromatic heterocycles. The number of carboxylic acids is 1. The second-order valence-electron chi connectivity index (χ2n) is 5.41. The number of carboxylic acid groups (broad SMARTS) is 1. The monoisotopic (exact) mass is 256 g/mol. The molecule has 0 spiro atoms. The fourth-order valence-electron chi connectivity index (χ4n) is 2.87. The molecule has 0 bridgehead atoms. The summed E-state index contributed by atoms with van der Waals surface area (Å²) >= 11 is 0. The molecule has 104 valence electrons. The molecule has 5 nitrogen and oxygen atoms in total. The highest BCUT2D eigenvalue weighted by atomic mass is 16.5. The van der Waals surface area contributed by atoms with Crippen molar-refractivity contribution >= 4 is 5.97 Å². The summed E-state index contributed by atoms with van der Waals surface area (Å²) in [6, 6.07) is 0. The Labute approximate surface area is 109 Å². The van der Waals surface area contributed by atoms with Crippen molar-refractivity contribution < 1.29 is 14.6 Å². The molecule has 1 atom stereocenters. The lowest BCUT2D eigenvalue weighted by molar-refractivity contribution is -0.138. The zero-order valence-electron chi connectivity index (χ0n) is 11.0. The summed E-state index contributed by atoms with van der Waals surface area (Å²) in [5.41, 5.74) is 0. The highest BCUT2D eigenvalue weighted by Gasteiger charge is 2.21. The van der Waals surface area contributed by atoms with Crippen LogP contribution in [0, 0.1) is 5.92 Å². The van der Waals surface area contributed by atoms with Crippen molar-refractivity contribution in [1.29, 1.82) is 0 Å². The van der Waals surface area contributed by atoms with Gasteiger partial charge in [-0.15, -0.1) is 0 Å². The van der Waals surface area contributed by atoms with Gasteiger partial charge < -0.3 is 14.7 Å². The van der Waals surface area contributed by atoms with Gasteiger partial charge in [-0.05, 0) is 31.7 Å². The third-order valence-electron chi connectivity index (χ3n) is 3.81. The van der Waals surface area contributed by atoms with E-state index in [4.69, 9.17) is 9.84 Å². The van der Waals surface area contributed by atoms with E-state index >= 15 is 0 Å². The van der Waals surface area contributed by atoms with Crippen molar-refractivity contribution in [1.82, 2.24) is 9.80 Å². The van der Waals surface area contributed by atoms with Crippen molar-refractivity contribution in [3.05, 3.63) is 0 Å². The Morgan fingerprint density at radius 2 is 1.94 bits per heavy atom. The van der Waals surface area contributed by atoms with Gasteiger partial charge in [0.2, 0.25) is 0 Å². The number of ether oxygens (including phenoxy) is 1. The van der Waals surface area contributed by atoms with Gasteiger partial charge in [0.1, 0.15) is 0 Å². The average molecular weight is 256 g/mol. The van der Waals surface area contributed by atoms with Gasteiger partial charge in [-0.3, -0.25) is 9.69 Å². The van der Waals surface area contributed by atoms with Crippen molar-refractivity contribution in [2.75, 3.05) is 52.5 Å². The fraction of sp³-hybridized carbons (Fsp3) is 0.923. The molecule has 1 unspecified atom stereocenters. The predicted octanol–water partition coefficient (Wildman–Crippen LogP) is 0.505. The van der Waals surface area contributed by atoms with E-state index in [0.29, 0.717) is 5.92 Å². The molecule has 2 saturated heterocycles. The molecule has 2 heterocycles. The van der Waals surface area contributed by atoms with E-state index in [2.05, 4.69) is 4.90 Å². The summed E-state index contributed by atoms with van der Waals surface area (Å²) in [7, 11) is 0. The van der Waals surface area contributed by atoms with Gasteiger partial charge in [-0.25, -0.2) is 0 Å². The molecule has 2 fully saturated rings. The second kappa shape index (κ2) is 7.07. The quantitative estimate of drug-likeness (QED) is 0.794. The number of rotatable bonds is 4. The van der Waals surface area contributed by atoms with Crippen molar-refractivity contribution in [2.45, 2.75) is 19.3 Å². The van der Waals surface area contributed by atoms with Crippen LogP contribution in [0.15, 0.2) is 0 Å². The lowest BCUT2D eigenvalue weighted by Crippen LogP contribution is -2.37.